The third-order valence-corrected chi connectivity index (χ3v) is 3.18. The number of thiazole rings is 1. The maximum atomic E-state index is 5.82. The smallest absolute Gasteiger partial charge is 0.0795 e. The molecule has 0 unspecified atom stereocenters. The lowest BCUT2D eigenvalue weighted by molar-refractivity contribution is 0.677. The summed E-state index contributed by atoms with van der Waals surface area (Å²) in [6.45, 7) is 1.80. The Hall–Kier alpha value is -0.900. The van der Waals surface area contributed by atoms with Crippen LogP contribution in [0.1, 0.15) is 11.3 Å². The minimum atomic E-state index is 0.791. The monoisotopic (exact) mass is 252 g/mol. The van der Waals surface area contributed by atoms with Crippen LogP contribution < -0.4 is 5.32 Å². The van der Waals surface area contributed by atoms with E-state index >= 15 is 0 Å². The van der Waals surface area contributed by atoms with Crippen LogP contribution >= 0.6 is 22.9 Å². The van der Waals surface area contributed by atoms with Crippen molar-refractivity contribution in [2.45, 2.75) is 13.0 Å². The summed E-state index contributed by atoms with van der Waals surface area (Å²) in [5, 5.41) is 6.22. The highest BCUT2D eigenvalue weighted by Gasteiger charge is 1.95. The normalized spacial score (nSPS) is 10.6. The molecule has 1 heterocycles. The highest BCUT2D eigenvalue weighted by Crippen LogP contribution is 2.09. The Balaban J connectivity index is 1.70. The molecule has 0 radical (unpaired) electrons. The molecule has 0 fully saturated rings. The van der Waals surface area contributed by atoms with E-state index in [0.717, 1.165) is 30.2 Å². The zero-order valence-electron chi connectivity index (χ0n) is 8.82. The van der Waals surface area contributed by atoms with Gasteiger partial charge in [0.1, 0.15) is 0 Å². The van der Waals surface area contributed by atoms with Crippen molar-refractivity contribution in [3.05, 3.63) is 51.4 Å². The Bertz CT molecular complexity index is 411. The second-order valence-corrected chi connectivity index (χ2v) is 4.69. The molecule has 2 rings (SSSR count). The predicted molar refractivity (Wildman–Crippen MR) is 69.0 cm³/mol. The van der Waals surface area contributed by atoms with E-state index in [1.807, 2.05) is 17.6 Å². The standard InChI is InChI=1S/C12H13ClN2S/c13-11-3-1-10(2-4-11)5-6-14-7-12-8-16-9-15-12/h1-4,8-9,14H,5-7H2. The van der Waals surface area contributed by atoms with Crippen molar-refractivity contribution >= 4 is 22.9 Å². The molecule has 1 aromatic heterocycles. The van der Waals surface area contributed by atoms with Crippen LogP contribution in [0.15, 0.2) is 35.2 Å². The van der Waals surface area contributed by atoms with Crippen LogP contribution in [0.5, 0.6) is 0 Å². The van der Waals surface area contributed by atoms with Gasteiger partial charge in [0.25, 0.3) is 0 Å². The summed E-state index contributed by atoms with van der Waals surface area (Å²) in [6.07, 6.45) is 1.02. The lowest BCUT2D eigenvalue weighted by Crippen LogP contribution is -2.16. The van der Waals surface area contributed by atoms with Crippen LogP contribution in [0.2, 0.25) is 5.02 Å². The maximum absolute atomic E-state index is 5.82. The Morgan fingerprint density at radius 1 is 1.25 bits per heavy atom. The van der Waals surface area contributed by atoms with Crippen LogP contribution in [0, 0.1) is 0 Å². The van der Waals surface area contributed by atoms with Crippen molar-refractivity contribution < 1.29 is 0 Å². The molecular weight excluding hydrogens is 240 g/mol. The van der Waals surface area contributed by atoms with Gasteiger partial charge in [-0.15, -0.1) is 11.3 Å². The van der Waals surface area contributed by atoms with E-state index in [0.29, 0.717) is 0 Å². The Morgan fingerprint density at radius 2 is 2.06 bits per heavy atom. The Labute approximate surface area is 104 Å². The van der Waals surface area contributed by atoms with Gasteiger partial charge in [-0.1, -0.05) is 23.7 Å². The third kappa shape index (κ3) is 3.59. The molecule has 84 valence electrons. The number of hydrogen-bond acceptors (Lipinski definition) is 3. The SMILES string of the molecule is Clc1ccc(CCNCc2cscn2)cc1. The summed E-state index contributed by atoms with van der Waals surface area (Å²) in [6, 6.07) is 7.98. The van der Waals surface area contributed by atoms with Crippen molar-refractivity contribution in [2.75, 3.05) is 6.54 Å². The lowest BCUT2D eigenvalue weighted by Gasteiger charge is -2.03. The number of aromatic nitrogens is 1. The molecule has 1 aromatic carbocycles. The fourth-order valence-corrected chi connectivity index (χ4v) is 2.11. The molecule has 0 amide bonds. The number of nitrogens with one attached hydrogen (secondary N) is 1. The van der Waals surface area contributed by atoms with Crippen molar-refractivity contribution in [2.24, 2.45) is 0 Å². The first kappa shape index (κ1) is 11.6. The van der Waals surface area contributed by atoms with Gasteiger partial charge in [-0.3, -0.25) is 0 Å². The minimum Gasteiger partial charge on any atom is -0.311 e. The van der Waals surface area contributed by atoms with Crippen LogP contribution in [-0.4, -0.2) is 11.5 Å². The molecule has 4 heteroatoms. The van der Waals surface area contributed by atoms with Gasteiger partial charge >= 0.3 is 0 Å². The van der Waals surface area contributed by atoms with Gasteiger partial charge in [0.05, 0.1) is 11.2 Å². The summed E-state index contributed by atoms with van der Waals surface area (Å²) in [5.41, 5.74) is 4.27. The van der Waals surface area contributed by atoms with E-state index in [-0.39, 0.29) is 0 Å². The molecule has 16 heavy (non-hydrogen) atoms. The third-order valence-electron chi connectivity index (χ3n) is 2.29. The number of benzene rings is 1. The summed E-state index contributed by atoms with van der Waals surface area (Å²) in [4.78, 5) is 4.21. The summed E-state index contributed by atoms with van der Waals surface area (Å²) < 4.78 is 0. The summed E-state index contributed by atoms with van der Waals surface area (Å²) in [5.74, 6) is 0. The van der Waals surface area contributed by atoms with Gasteiger partial charge in [0, 0.05) is 16.9 Å². The first-order valence-electron chi connectivity index (χ1n) is 5.17. The predicted octanol–water partition coefficient (Wildman–Crippen LogP) is 3.13. The maximum Gasteiger partial charge on any atom is 0.0795 e. The highest BCUT2D eigenvalue weighted by molar-refractivity contribution is 7.07. The van der Waals surface area contributed by atoms with Gasteiger partial charge < -0.3 is 5.32 Å². The molecule has 0 aliphatic carbocycles. The minimum absolute atomic E-state index is 0.791. The molecule has 0 bridgehead atoms. The number of nitrogens with zero attached hydrogens (tertiary/aromatic N) is 1. The zero-order chi connectivity index (χ0) is 11.2. The second-order valence-electron chi connectivity index (χ2n) is 3.53. The van der Waals surface area contributed by atoms with E-state index < -0.39 is 0 Å². The number of hydrogen-bond donors (Lipinski definition) is 1. The molecule has 0 aliphatic rings. The topological polar surface area (TPSA) is 24.9 Å². The molecule has 0 aliphatic heterocycles. The van der Waals surface area contributed by atoms with E-state index in [1.54, 1.807) is 11.3 Å². The summed E-state index contributed by atoms with van der Waals surface area (Å²) in [7, 11) is 0. The van der Waals surface area contributed by atoms with Gasteiger partial charge in [-0.05, 0) is 30.7 Å². The Kier molecular flexibility index (Phi) is 4.34. The van der Waals surface area contributed by atoms with E-state index in [1.165, 1.54) is 5.56 Å². The van der Waals surface area contributed by atoms with E-state index in [4.69, 9.17) is 11.6 Å². The summed E-state index contributed by atoms with van der Waals surface area (Å²) >= 11 is 7.45. The lowest BCUT2D eigenvalue weighted by atomic mass is 10.1. The molecular formula is C12H13ClN2S. The zero-order valence-corrected chi connectivity index (χ0v) is 10.4. The van der Waals surface area contributed by atoms with Gasteiger partial charge in [0.15, 0.2) is 0 Å². The van der Waals surface area contributed by atoms with Crippen LogP contribution in [0.3, 0.4) is 0 Å². The van der Waals surface area contributed by atoms with E-state index in [9.17, 15) is 0 Å². The molecule has 0 spiro atoms. The first-order valence-corrected chi connectivity index (χ1v) is 6.49. The van der Waals surface area contributed by atoms with Crippen molar-refractivity contribution in [1.29, 1.82) is 0 Å². The second kappa shape index (κ2) is 5.99. The average Bonchev–Trinajstić information content (AvgIpc) is 2.80. The van der Waals surface area contributed by atoms with Crippen molar-refractivity contribution in [1.82, 2.24) is 10.3 Å². The molecule has 0 saturated carbocycles. The largest absolute Gasteiger partial charge is 0.311 e. The van der Waals surface area contributed by atoms with Crippen molar-refractivity contribution in [3.63, 3.8) is 0 Å². The molecule has 1 N–H and O–H groups in total. The average molecular weight is 253 g/mol. The van der Waals surface area contributed by atoms with Crippen LogP contribution in [0.25, 0.3) is 0 Å². The highest BCUT2D eigenvalue weighted by atomic mass is 35.5. The van der Waals surface area contributed by atoms with E-state index in [2.05, 4.69) is 27.8 Å². The van der Waals surface area contributed by atoms with Gasteiger partial charge in [0.2, 0.25) is 0 Å². The Morgan fingerprint density at radius 3 is 2.75 bits per heavy atom. The molecule has 0 saturated heterocycles. The van der Waals surface area contributed by atoms with Gasteiger partial charge in [-0.25, -0.2) is 4.98 Å². The van der Waals surface area contributed by atoms with Crippen molar-refractivity contribution in [3.8, 4) is 0 Å². The van der Waals surface area contributed by atoms with Gasteiger partial charge in [-0.2, -0.15) is 0 Å². The molecule has 2 nitrogen and oxygen atoms in total. The van der Waals surface area contributed by atoms with Crippen LogP contribution in [-0.2, 0) is 13.0 Å². The fraction of sp³-hybridized carbons (Fsp3) is 0.250. The number of rotatable bonds is 5. The first-order chi connectivity index (χ1) is 7.84. The quantitative estimate of drug-likeness (QED) is 0.827. The fourth-order valence-electron chi connectivity index (χ4n) is 1.43. The molecule has 0 atom stereocenters. The number of halogens is 1. The molecule has 2 aromatic rings. The van der Waals surface area contributed by atoms with Crippen LogP contribution in [0.4, 0.5) is 0 Å².